The summed E-state index contributed by atoms with van der Waals surface area (Å²) in [6.45, 7) is 2.24. The Morgan fingerprint density at radius 3 is 2.59 bits per heavy atom. The van der Waals surface area contributed by atoms with Gasteiger partial charge in [-0.2, -0.15) is 0 Å². The summed E-state index contributed by atoms with van der Waals surface area (Å²) in [6, 6.07) is 9.98. The fourth-order valence-electron chi connectivity index (χ4n) is 2.76. The number of rotatable bonds is 7. The highest BCUT2D eigenvalue weighted by Crippen LogP contribution is 2.23. The Labute approximate surface area is 156 Å². The second-order valence-corrected chi connectivity index (χ2v) is 6.31. The quantitative estimate of drug-likeness (QED) is 0.594. The van der Waals surface area contributed by atoms with Crippen molar-refractivity contribution in [1.29, 1.82) is 0 Å². The summed E-state index contributed by atoms with van der Waals surface area (Å²) in [7, 11) is 0. The van der Waals surface area contributed by atoms with E-state index in [4.69, 9.17) is 13.9 Å². The van der Waals surface area contributed by atoms with Crippen LogP contribution in [-0.2, 0) is 14.3 Å². The maximum Gasteiger partial charge on any atom is 0.374 e. The van der Waals surface area contributed by atoms with Crippen LogP contribution in [0.4, 0.5) is 0 Å². The minimum Gasteiger partial charge on any atom is -0.450 e. The molecule has 1 fully saturated rings. The molecule has 0 aliphatic carbocycles. The van der Waals surface area contributed by atoms with Crippen molar-refractivity contribution in [3.8, 4) is 11.3 Å². The van der Waals surface area contributed by atoms with Crippen molar-refractivity contribution in [3.63, 3.8) is 0 Å². The van der Waals surface area contributed by atoms with Crippen LogP contribution >= 0.6 is 0 Å². The molecule has 1 aromatic carbocycles. The number of hydrogen-bond acceptors (Lipinski definition) is 6. The third-order valence-electron chi connectivity index (χ3n) is 4.27. The van der Waals surface area contributed by atoms with E-state index in [0.717, 1.165) is 18.4 Å². The molecule has 1 saturated heterocycles. The molecule has 3 rings (SSSR count). The lowest BCUT2D eigenvalue weighted by Crippen LogP contribution is -2.34. The monoisotopic (exact) mass is 371 g/mol. The number of carbonyl (C=O) groups is 3. The average molecular weight is 371 g/mol. The van der Waals surface area contributed by atoms with Gasteiger partial charge in [-0.25, -0.2) is 4.79 Å². The maximum absolute atomic E-state index is 12.0. The SMILES string of the molecule is CC(=O)c1ccc(-c2ccc(C(=O)OCC(=O)NC[C@@H]3CCCO3)o2)cc1. The minimum atomic E-state index is -0.714. The van der Waals surface area contributed by atoms with Gasteiger partial charge in [0.05, 0.1) is 6.10 Å². The lowest BCUT2D eigenvalue weighted by atomic mass is 10.1. The smallest absolute Gasteiger partial charge is 0.374 e. The number of ketones is 1. The summed E-state index contributed by atoms with van der Waals surface area (Å²) in [6.07, 6.45) is 1.95. The van der Waals surface area contributed by atoms with E-state index >= 15 is 0 Å². The number of benzene rings is 1. The van der Waals surface area contributed by atoms with Crippen LogP contribution in [0, 0.1) is 0 Å². The van der Waals surface area contributed by atoms with Gasteiger partial charge in [0, 0.05) is 24.3 Å². The molecule has 27 heavy (non-hydrogen) atoms. The third-order valence-corrected chi connectivity index (χ3v) is 4.27. The standard InChI is InChI=1S/C20H21NO6/c1-13(22)14-4-6-15(7-5-14)17-8-9-18(27-17)20(24)26-12-19(23)21-11-16-3-2-10-25-16/h4-9,16H,2-3,10-12H2,1H3,(H,21,23)/t16-/m0/s1. The average Bonchev–Trinajstić information content (AvgIpc) is 3.36. The molecule has 1 atom stereocenters. The number of nitrogens with one attached hydrogen (secondary N) is 1. The molecule has 1 N–H and O–H groups in total. The molecule has 0 bridgehead atoms. The predicted molar refractivity (Wildman–Crippen MR) is 96.4 cm³/mol. The number of Topliss-reactive ketones (excluding diaryl/α,β-unsaturated/α-hetero) is 1. The fraction of sp³-hybridized carbons (Fsp3) is 0.350. The maximum atomic E-state index is 12.0. The van der Waals surface area contributed by atoms with Gasteiger partial charge in [0.15, 0.2) is 12.4 Å². The zero-order valence-corrected chi connectivity index (χ0v) is 15.0. The van der Waals surface area contributed by atoms with Gasteiger partial charge in [-0.05, 0) is 31.9 Å². The van der Waals surface area contributed by atoms with E-state index < -0.39 is 5.97 Å². The van der Waals surface area contributed by atoms with Crippen LogP contribution in [0.5, 0.6) is 0 Å². The van der Waals surface area contributed by atoms with E-state index in [9.17, 15) is 14.4 Å². The Hall–Kier alpha value is -2.93. The van der Waals surface area contributed by atoms with Crippen LogP contribution < -0.4 is 5.32 Å². The Kier molecular flexibility index (Phi) is 6.03. The van der Waals surface area contributed by atoms with Crippen molar-refractivity contribution >= 4 is 17.7 Å². The Balaban J connectivity index is 1.50. The number of furan rings is 1. The van der Waals surface area contributed by atoms with Crippen LogP contribution in [0.15, 0.2) is 40.8 Å². The van der Waals surface area contributed by atoms with Crippen molar-refractivity contribution < 1.29 is 28.3 Å². The Morgan fingerprint density at radius 1 is 1.15 bits per heavy atom. The van der Waals surface area contributed by atoms with Crippen LogP contribution in [0.2, 0.25) is 0 Å². The van der Waals surface area contributed by atoms with Crippen LogP contribution in [0.3, 0.4) is 0 Å². The molecule has 1 aromatic heterocycles. The summed E-state index contributed by atoms with van der Waals surface area (Å²) in [5, 5.41) is 2.68. The third kappa shape index (κ3) is 5.04. The van der Waals surface area contributed by atoms with Gasteiger partial charge >= 0.3 is 5.97 Å². The van der Waals surface area contributed by atoms with Crippen LogP contribution in [-0.4, -0.2) is 43.5 Å². The number of carbonyl (C=O) groups excluding carboxylic acids is 3. The second kappa shape index (κ2) is 8.64. The van der Waals surface area contributed by atoms with Crippen molar-refractivity contribution in [2.75, 3.05) is 19.8 Å². The highest BCUT2D eigenvalue weighted by atomic mass is 16.5. The molecule has 1 amide bonds. The number of ether oxygens (including phenoxy) is 2. The molecule has 2 heterocycles. The first-order valence-electron chi connectivity index (χ1n) is 8.79. The molecular formula is C20H21NO6. The summed E-state index contributed by atoms with van der Waals surface area (Å²) in [5.41, 5.74) is 1.33. The first-order chi connectivity index (χ1) is 13.0. The lowest BCUT2D eigenvalue weighted by Gasteiger charge is -2.10. The van der Waals surface area contributed by atoms with Crippen LogP contribution in [0.25, 0.3) is 11.3 Å². The largest absolute Gasteiger partial charge is 0.450 e. The Bertz CT molecular complexity index is 817. The summed E-state index contributed by atoms with van der Waals surface area (Å²) in [4.78, 5) is 35.1. The fourth-order valence-corrected chi connectivity index (χ4v) is 2.76. The molecule has 0 unspecified atom stereocenters. The summed E-state index contributed by atoms with van der Waals surface area (Å²) >= 11 is 0. The van der Waals surface area contributed by atoms with Crippen molar-refractivity contribution in [3.05, 3.63) is 47.7 Å². The van der Waals surface area contributed by atoms with E-state index in [1.165, 1.54) is 13.0 Å². The van der Waals surface area contributed by atoms with Gasteiger partial charge in [-0.3, -0.25) is 9.59 Å². The van der Waals surface area contributed by atoms with E-state index in [1.54, 1.807) is 30.3 Å². The Morgan fingerprint density at radius 2 is 1.93 bits per heavy atom. The number of hydrogen-bond donors (Lipinski definition) is 1. The van der Waals surface area contributed by atoms with Gasteiger partial charge in [0.2, 0.25) is 5.76 Å². The molecule has 0 radical (unpaired) electrons. The minimum absolute atomic E-state index is 0.00701. The van der Waals surface area contributed by atoms with E-state index in [1.807, 2.05) is 0 Å². The molecule has 2 aromatic rings. The molecule has 1 aliphatic heterocycles. The lowest BCUT2D eigenvalue weighted by molar-refractivity contribution is -0.124. The topological polar surface area (TPSA) is 94.8 Å². The van der Waals surface area contributed by atoms with E-state index in [0.29, 0.717) is 24.5 Å². The zero-order valence-electron chi connectivity index (χ0n) is 15.0. The normalized spacial score (nSPS) is 16.1. The molecule has 0 saturated carbocycles. The van der Waals surface area contributed by atoms with Crippen molar-refractivity contribution in [2.45, 2.75) is 25.9 Å². The van der Waals surface area contributed by atoms with E-state index in [2.05, 4.69) is 5.32 Å². The predicted octanol–water partition coefficient (Wildman–Crippen LogP) is 2.60. The van der Waals surface area contributed by atoms with Gasteiger partial charge < -0.3 is 19.2 Å². The molecular weight excluding hydrogens is 350 g/mol. The van der Waals surface area contributed by atoms with Crippen LogP contribution in [0.1, 0.15) is 40.7 Å². The molecule has 142 valence electrons. The van der Waals surface area contributed by atoms with Gasteiger partial charge in [0.1, 0.15) is 5.76 Å². The number of amides is 1. The highest BCUT2D eigenvalue weighted by Gasteiger charge is 2.18. The molecule has 7 nitrogen and oxygen atoms in total. The van der Waals surface area contributed by atoms with Crippen molar-refractivity contribution in [1.82, 2.24) is 5.32 Å². The van der Waals surface area contributed by atoms with E-state index in [-0.39, 0.29) is 30.2 Å². The first-order valence-corrected chi connectivity index (χ1v) is 8.79. The number of esters is 1. The molecule has 1 aliphatic rings. The molecule has 7 heteroatoms. The highest BCUT2D eigenvalue weighted by molar-refractivity contribution is 5.94. The second-order valence-electron chi connectivity index (χ2n) is 6.31. The van der Waals surface area contributed by atoms with Gasteiger partial charge in [0.25, 0.3) is 5.91 Å². The van der Waals surface area contributed by atoms with Gasteiger partial charge in [-0.15, -0.1) is 0 Å². The first kappa shape index (κ1) is 18.8. The van der Waals surface area contributed by atoms with Crippen molar-refractivity contribution in [2.24, 2.45) is 0 Å². The molecule has 0 spiro atoms. The summed E-state index contributed by atoms with van der Waals surface area (Å²) in [5.74, 6) is -0.644. The summed E-state index contributed by atoms with van der Waals surface area (Å²) < 4.78 is 15.9. The zero-order chi connectivity index (χ0) is 19.2. The van der Waals surface area contributed by atoms with Gasteiger partial charge in [-0.1, -0.05) is 24.3 Å².